The van der Waals surface area contributed by atoms with Crippen molar-refractivity contribution in [1.29, 1.82) is 0 Å². The number of carbonyl (C=O) groups is 2. The summed E-state index contributed by atoms with van der Waals surface area (Å²) in [6.45, 7) is 3.10. The second kappa shape index (κ2) is 7.09. The molecule has 0 saturated carbocycles. The first-order valence-electron chi connectivity index (χ1n) is 6.09. The van der Waals surface area contributed by atoms with Gasteiger partial charge in [0.25, 0.3) is 0 Å². The van der Waals surface area contributed by atoms with Crippen LogP contribution in [0, 0.1) is 5.82 Å². The smallest absolute Gasteiger partial charge is 0.323 e. The summed E-state index contributed by atoms with van der Waals surface area (Å²) in [5.41, 5.74) is -0.0434. The first kappa shape index (κ1) is 16.2. The summed E-state index contributed by atoms with van der Waals surface area (Å²) in [5.74, 6) is -1.80. The highest BCUT2D eigenvalue weighted by atomic mass is 35.5. The van der Waals surface area contributed by atoms with Crippen LogP contribution in [0.15, 0.2) is 18.2 Å². The molecule has 0 aliphatic rings. The molecule has 0 aromatic heterocycles. The molecule has 0 aliphatic heterocycles. The maximum atomic E-state index is 13.6. The summed E-state index contributed by atoms with van der Waals surface area (Å²) in [5, 5.41) is 11.4. The van der Waals surface area contributed by atoms with E-state index >= 15 is 0 Å². The normalized spacial score (nSPS) is 11.8. The van der Waals surface area contributed by atoms with Crippen LogP contribution in [0.2, 0.25) is 5.02 Å². The number of carboxylic acids is 1. The summed E-state index contributed by atoms with van der Waals surface area (Å²) in [4.78, 5) is 24.0. The largest absolute Gasteiger partial charge is 0.480 e. The van der Waals surface area contributed by atoms with Gasteiger partial charge in [-0.3, -0.25) is 4.79 Å². The monoisotopic (exact) mass is 302 g/mol. The van der Waals surface area contributed by atoms with Crippen LogP contribution in [0.3, 0.4) is 0 Å². The second-order valence-corrected chi connectivity index (χ2v) is 4.77. The Labute approximate surface area is 121 Å². The minimum absolute atomic E-state index is 0.0434. The van der Waals surface area contributed by atoms with Crippen molar-refractivity contribution < 1.29 is 19.1 Å². The molecule has 2 amide bonds. The van der Waals surface area contributed by atoms with Gasteiger partial charge in [0.2, 0.25) is 0 Å². The molecule has 5 nitrogen and oxygen atoms in total. The first-order chi connectivity index (χ1) is 9.35. The standard InChI is InChI=1S/C13H16ClFN2O3/c1-3-8(2)17(7-12(18)19)13(20)16-11-5-4-9(14)6-10(11)15/h4-6,8H,3,7H2,1-2H3,(H,16,20)(H,18,19). The van der Waals surface area contributed by atoms with Gasteiger partial charge in [0.05, 0.1) is 5.69 Å². The summed E-state index contributed by atoms with van der Waals surface area (Å²) < 4.78 is 13.6. The number of halogens is 2. The van der Waals surface area contributed by atoms with Gasteiger partial charge in [-0.05, 0) is 31.5 Å². The van der Waals surface area contributed by atoms with Crippen molar-refractivity contribution in [2.24, 2.45) is 0 Å². The highest BCUT2D eigenvalue weighted by molar-refractivity contribution is 6.30. The van der Waals surface area contributed by atoms with Crippen LogP contribution in [0.1, 0.15) is 20.3 Å². The van der Waals surface area contributed by atoms with Gasteiger partial charge in [0.1, 0.15) is 12.4 Å². The SMILES string of the molecule is CCC(C)N(CC(=O)O)C(=O)Nc1ccc(Cl)cc1F. The molecule has 0 spiro atoms. The molecule has 20 heavy (non-hydrogen) atoms. The molecule has 1 aromatic rings. The highest BCUT2D eigenvalue weighted by Gasteiger charge is 2.22. The average Bonchev–Trinajstić information content (AvgIpc) is 2.38. The van der Waals surface area contributed by atoms with Gasteiger partial charge in [-0.1, -0.05) is 18.5 Å². The quantitative estimate of drug-likeness (QED) is 0.877. The van der Waals surface area contributed by atoms with Crippen LogP contribution in [-0.4, -0.2) is 34.6 Å². The molecular weight excluding hydrogens is 287 g/mol. The molecule has 1 atom stereocenters. The van der Waals surface area contributed by atoms with Gasteiger partial charge >= 0.3 is 12.0 Å². The van der Waals surface area contributed by atoms with Crippen LogP contribution in [0.25, 0.3) is 0 Å². The number of nitrogens with zero attached hydrogens (tertiary/aromatic N) is 1. The van der Waals surface area contributed by atoms with E-state index in [1.165, 1.54) is 12.1 Å². The van der Waals surface area contributed by atoms with E-state index in [1.807, 2.05) is 6.92 Å². The Hall–Kier alpha value is -1.82. The fourth-order valence-electron chi connectivity index (χ4n) is 1.57. The predicted octanol–water partition coefficient (Wildman–Crippen LogP) is 3.20. The number of nitrogens with one attached hydrogen (secondary N) is 1. The summed E-state index contributed by atoms with van der Waals surface area (Å²) in [6, 6.07) is 2.89. The Morgan fingerprint density at radius 1 is 1.50 bits per heavy atom. The molecule has 2 N–H and O–H groups in total. The number of amides is 2. The lowest BCUT2D eigenvalue weighted by Gasteiger charge is -2.27. The number of anilines is 1. The van der Waals surface area contributed by atoms with Gasteiger partial charge in [-0.25, -0.2) is 9.18 Å². The van der Waals surface area contributed by atoms with E-state index in [0.29, 0.717) is 6.42 Å². The molecule has 110 valence electrons. The van der Waals surface area contributed by atoms with Crippen molar-refractivity contribution in [2.45, 2.75) is 26.3 Å². The first-order valence-corrected chi connectivity index (χ1v) is 6.47. The van der Waals surface area contributed by atoms with Crippen molar-refractivity contribution >= 4 is 29.3 Å². The maximum Gasteiger partial charge on any atom is 0.323 e. The number of carbonyl (C=O) groups excluding carboxylic acids is 1. The van der Waals surface area contributed by atoms with Gasteiger partial charge in [-0.15, -0.1) is 0 Å². The van der Waals surface area contributed by atoms with Crippen molar-refractivity contribution in [2.75, 3.05) is 11.9 Å². The number of aliphatic carboxylic acids is 1. The molecule has 1 rings (SSSR count). The number of benzene rings is 1. The molecule has 0 radical (unpaired) electrons. The van der Waals surface area contributed by atoms with Crippen molar-refractivity contribution in [3.8, 4) is 0 Å². The summed E-state index contributed by atoms with van der Waals surface area (Å²) in [7, 11) is 0. The molecule has 1 aromatic carbocycles. The zero-order valence-electron chi connectivity index (χ0n) is 11.2. The number of urea groups is 1. The number of carboxylic acid groups (broad SMARTS) is 1. The molecule has 0 heterocycles. The Morgan fingerprint density at radius 3 is 2.65 bits per heavy atom. The predicted molar refractivity (Wildman–Crippen MR) is 74.5 cm³/mol. The summed E-state index contributed by atoms with van der Waals surface area (Å²) in [6.07, 6.45) is 0.587. The van der Waals surface area contributed by atoms with E-state index in [0.717, 1.165) is 11.0 Å². The van der Waals surface area contributed by atoms with Crippen LogP contribution >= 0.6 is 11.6 Å². The fourth-order valence-corrected chi connectivity index (χ4v) is 1.73. The second-order valence-electron chi connectivity index (χ2n) is 4.33. The van der Waals surface area contributed by atoms with Gasteiger partial charge in [0, 0.05) is 11.1 Å². The van der Waals surface area contributed by atoms with Crippen LogP contribution in [0.4, 0.5) is 14.9 Å². The molecule has 0 aliphatic carbocycles. The molecule has 0 saturated heterocycles. The lowest BCUT2D eigenvalue weighted by molar-refractivity contribution is -0.138. The van der Waals surface area contributed by atoms with Gasteiger partial charge in [-0.2, -0.15) is 0 Å². The fraction of sp³-hybridized carbons (Fsp3) is 0.385. The minimum Gasteiger partial charge on any atom is -0.480 e. The molecule has 0 fully saturated rings. The van der Waals surface area contributed by atoms with E-state index in [-0.39, 0.29) is 16.8 Å². The lowest BCUT2D eigenvalue weighted by Crippen LogP contribution is -2.44. The van der Waals surface area contributed by atoms with Gasteiger partial charge < -0.3 is 15.3 Å². The van der Waals surface area contributed by atoms with Crippen LogP contribution in [0.5, 0.6) is 0 Å². The topological polar surface area (TPSA) is 69.6 Å². The van der Waals surface area contributed by atoms with E-state index in [9.17, 15) is 14.0 Å². The van der Waals surface area contributed by atoms with E-state index < -0.39 is 24.4 Å². The van der Waals surface area contributed by atoms with Crippen molar-refractivity contribution in [3.05, 3.63) is 29.0 Å². The van der Waals surface area contributed by atoms with Crippen LogP contribution < -0.4 is 5.32 Å². The number of hydrogen-bond donors (Lipinski definition) is 2. The Bertz CT molecular complexity index is 510. The average molecular weight is 303 g/mol. The highest BCUT2D eigenvalue weighted by Crippen LogP contribution is 2.19. The molecule has 1 unspecified atom stereocenters. The summed E-state index contributed by atoms with van der Waals surface area (Å²) >= 11 is 5.62. The van der Waals surface area contributed by atoms with E-state index in [2.05, 4.69) is 5.32 Å². The van der Waals surface area contributed by atoms with Crippen molar-refractivity contribution in [3.63, 3.8) is 0 Å². The Morgan fingerprint density at radius 2 is 2.15 bits per heavy atom. The minimum atomic E-state index is -1.13. The van der Waals surface area contributed by atoms with Crippen LogP contribution in [-0.2, 0) is 4.79 Å². The van der Waals surface area contributed by atoms with Gasteiger partial charge in [0.15, 0.2) is 0 Å². The third kappa shape index (κ3) is 4.38. The zero-order chi connectivity index (χ0) is 15.3. The Balaban J connectivity index is 2.87. The number of hydrogen-bond acceptors (Lipinski definition) is 2. The third-order valence-electron chi connectivity index (χ3n) is 2.86. The third-order valence-corrected chi connectivity index (χ3v) is 3.10. The van der Waals surface area contributed by atoms with Crippen molar-refractivity contribution in [1.82, 2.24) is 4.90 Å². The molecule has 0 bridgehead atoms. The Kier molecular flexibility index (Phi) is 5.76. The number of rotatable bonds is 5. The lowest BCUT2D eigenvalue weighted by atomic mass is 10.2. The van der Waals surface area contributed by atoms with E-state index in [1.54, 1.807) is 6.92 Å². The molecular formula is C13H16ClFN2O3. The van der Waals surface area contributed by atoms with E-state index in [4.69, 9.17) is 16.7 Å². The molecule has 7 heteroatoms. The zero-order valence-corrected chi connectivity index (χ0v) is 11.9. The maximum absolute atomic E-state index is 13.6.